The van der Waals surface area contributed by atoms with Gasteiger partial charge in [-0.15, -0.1) is 0 Å². The largest absolute Gasteiger partial charge is 0.464 e. The molecule has 1 aliphatic rings. The second kappa shape index (κ2) is 8.00. The number of ether oxygens (including phenoxy) is 1. The summed E-state index contributed by atoms with van der Waals surface area (Å²) in [6.45, 7) is 9.54. The molecule has 6 nitrogen and oxygen atoms in total. The number of nitrogens with zero attached hydrogens (tertiary/aromatic N) is 4. The van der Waals surface area contributed by atoms with Gasteiger partial charge in [0.1, 0.15) is 0 Å². The zero-order valence-electron chi connectivity index (χ0n) is 13.4. The van der Waals surface area contributed by atoms with Crippen molar-refractivity contribution in [2.75, 3.05) is 36.5 Å². The Morgan fingerprint density at radius 3 is 2.57 bits per heavy atom. The van der Waals surface area contributed by atoms with Crippen molar-refractivity contribution >= 4 is 11.9 Å². The molecule has 1 heterocycles. The first-order valence-corrected chi connectivity index (χ1v) is 8.14. The Kier molecular flexibility index (Phi) is 6.02. The van der Waals surface area contributed by atoms with Crippen LogP contribution in [0.1, 0.15) is 46.5 Å². The maximum absolute atomic E-state index is 5.48. The molecule has 118 valence electrons. The highest BCUT2D eigenvalue weighted by molar-refractivity contribution is 5.38. The third-order valence-electron chi connectivity index (χ3n) is 3.78. The lowest BCUT2D eigenvalue weighted by Gasteiger charge is -2.31. The smallest absolute Gasteiger partial charge is 0.323 e. The quantitative estimate of drug-likeness (QED) is 0.755. The summed E-state index contributed by atoms with van der Waals surface area (Å²) < 4.78 is 5.48. The third-order valence-corrected chi connectivity index (χ3v) is 3.78. The van der Waals surface area contributed by atoms with E-state index in [0.717, 1.165) is 37.9 Å². The summed E-state index contributed by atoms with van der Waals surface area (Å²) in [5.41, 5.74) is 0. The van der Waals surface area contributed by atoms with Crippen LogP contribution in [0.4, 0.5) is 11.9 Å². The minimum Gasteiger partial charge on any atom is -0.464 e. The molecule has 0 atom stereocenters. The van der Waals surface area contributed by atoms with E-state index in [0.29, 0.717) is 18.6 Å². The standard InChI is InChI=1S/C15H27N5O/c1-4-10-16-13-17-14(19-15(18-13)21-6-3)20(5-2)11-12-8-7-9-12/h12H,4-11H2,1-3H3,(H,16,17,18,19). The van der Waals surface area contributed by atoms with Gasteiger partial charge in [0, 0.05) is 19.6 Å². The van der Waals surface area contributed by atoms with Gasteiger partial charge in [-0.1, -0.05) is 13.3 Å². The van der Waals surface area contributed by atoms with Crippen molar-refractivity contribution in [2.24, 2.45) is 5.92 Å². The van der Waals surface area contributed by atoms with E-state index in [1.165, 1.54) is 19.3 Å². The first kappa shape index (κ1) is 15.8. The summed E-state index contributed by atoms with van der Waals surface area (Å²) in [5.74, 6) is 2.11. The summed E-state index contributed by atoms with van der Waals surface area (Å²) in [6, 6.07) is 0.410. The van der Waals surface area contributed by atoms with Crippen LogP contribution in [0.5, 0.6) is 6.01 Å². The number of nitrogens with one attached hydrogen (secondary N) is 1. The van der Waals surface area contributed by atoms with E-state index in [1.54, 1.807) is 0 Å². The molecule has 1 aromatic rings. The molecule has 1 saturated carbocycles. The lowest BCUT2D eigenvalue weighted by Crippen LogP contribution is -2.34. The summed E-state index contributed by atoms with van der Waals surface area (Å²) in [5, 5.41) is 3.22. The van der Waals surface area contributed by atoms with E-state index in [2.05, 4.69) is 39.0 Å². The van der Waals surface area contributed by atoms with Gasteiger partial charge in [0.15, 0.2) is 0 Å². The molecule has 0 bridgehead atoms. The van der Waals surface area contributed by atoms with Crippen LogP contribution in [0, 0.1) is 5.92 Å². The average Bonchev–Trinajstić information content (AvgIpc) is 2.44. The Hall–Kier alpha value is -1.59. The SMILES string of the molecule is CCCNc1nc(OCC)nc(N(CC)CC2CCC2)n1. The lowest BCUT2D eigenvalue weighted by atomic mass is 9.85. The molecular weight excluding hydrogens is 266 g/mol. The summed E-state index contributed by atoms with van der Waals surface area (Å²) in [4.78, 5) is 15.5. The van der Waals surface area contributed by atoms with Gasteiger partial charge in [-0.3, -0.25) is 0 Å². The Morgan fingerprint density at radius 2 is 2.00 bits per heavy atom. The fourth-order valence-electron chi connectivity index (χ4n) is 2.34. The predicted octanol–water partition coefficient (Wildman–Crippen LogP) is 2.72. The highest BCUT2D eigenvalue weighted by atomic mass is 16.5. The highest BCUT2D eigenvalue weighted by Crippen LogP contribution is 2.28. The molecule has 0 unspecified atom stereocenters. The van der Waals surface area contributed by atoms with Crippen LogP contribution in [0.3, 0.4) is 0 Å². The number of hydrogen-bond acceptors (Lipinski definition) is 6. The normalized spacial score (nSPS) is 14.6. The maximum Gasteiger partial charge on any atom is 0.323 e. The van der Waals surface area contributed by atoms with Gasteiger partial charge in [0.2, 0.25) is 11.9 Å². The predicted molar refractivity (Wildman–Crippen MR) is 85.0 cm³/mol. The van der Waals surface area contributed by atoms with Crippen LogP contribution < -0.4 is 15.0 Å². The van der Waals surface area contributed by atoms with Crippen molar-refractivity contribution in [1.29, 1.82) is 0 Å². The number of aromatic nitrogens is 3. The van der Waals surface area contributed by atoms with E-state index in [9.17, 15) is 0 Å². The molecule has 1 fully saturated rings. The van der Waals surface area contributed by atoms with Crippen molar-refractivity contribution < 1.29 is 4.74 Å². The van der Waals surface area contributed by atoms with Gasteiger partial charge in [0.05, 0.1) is 6.61 Å². The van der Waals surface area contributed by atoms with Gasteiger partial charge >= 0.3 is 6.01 Å². The van der Waals surface area contributed by atoms with Crippen LogP contribution in [0.2, 0.25) is 0 Å². The van der Waals surface area contributed by atoms with Gasteiger partial charge in [-0.05, 0) is 39.0 Å². The van der Waals surface area contributed by atoms with E-state index in [-0.39, 0.29) is 0 Å². The second-order valence-electron chi connectivity index (χ2n) is 5.44. The van der Waals surface area contributed by atoms with E-state index in [1.807, 2.05) is 6.92 Å². The minimum absolute atomic E-state index is 0.410. The zero-order valence-corrected chi connectivity index (χ0v) is 13.4. The van der Waals surface area contributed by atoms with Gasteiger partial charge < -0.3 is 15.0 Å². The van der Waals surface area contributed by atoms with Crippen LogP contribution in [-0.2, 0) is 0 Å². The van der Waals surface area contributed by atoms with Crippen LogP contribution in [0.25, 0.3) is 0 Å². The molecule has 21 heavy (non-hydrogen) atoms. The maximum atomic E-state index is 5.48. The van der Waals surface area contributed by atoms with E-state index >= 15 is 0 Å². The highest BCUT2D eigenvalue weighted by Gasteiger charge is 2.22. The number of rotatable bonds is 9. The fraction of sp³-hybridized carbons (Fsp3) is 0.800. The molecule has 1 aromatic heterocycles. The van der Waals surface area contributed by atoms with Gasteiger partial charge in [-0.25, -0.2) is 0 Å². The third kappa shape index (κ3) is 4.44. The molecule has 1 aliphatic carbocycles. The minimum atomic E-state index is 0.410. The van der Waals surface area contributed by atoms with Crippen LogP contribution in [0.15, 0.2) is 0 Å². The molecule has 0 spiro atoms. The topological polar surface area (TPSA) is 63.2 Å². The lowest BCUT2D eigenvalue weighted by molar-refractivity contribution is 0.307. The van der Waals surface area contributed by atoms with Gasteiger partial charge in [0.25, 0.3) is 0 Å². The van der Waals surface area contributed by atoms with Crippen LogP contribution >= 0.6 is 0 Å². The van der Waals surface area contributed by atoms with Crippen LogP contribution in [-0.4, -0.2) is 41.2 Å². The van der Waals surface area contributed by atoms with Crippen molar-refractivity contribution in [3.8, 4) is 6.01 Å². The monoisotopic (exact) mass is 293 g/mol. The Morgan fingerprint density at radius 1 is 1.19 bits per heavy atom. The first-order chi connectivity index (χ1) is 10.3. The Labute approximate surface area is 127 Å². The molecule has 0 aliphatic heterocycles. The Bertz CT molecular complexity index is 436. The molecule has 0 amide bonds. The molecule has 1 N–H and O–H groups in total. The molecular formula is C15H27N5O. The van der Waals surface area contributed by atoms with Crippen molar-refractivity contribution in [1.82, 2.24) is 15.0 Å². The number of anilines is 2. The van der Waals surface area contributed by atoms with Crippen molar-refractivity contribution in [3.05, 3.63) is 0 Å². The molecule has 0 aromatic carbocycles. The fourth-order valence-corrected chi connectivity index (χ4v) is 2.34. The average molecular weight is 293 g/mol. The molecule has 0 radical (unpaired) electrons. The summed E-state index contributed by atoms with van der Waals surface area (Å²) in [7, 11) is 0. The van der Waals surface area contributed by atoms with Crippen molar-refractivity contribution in [3.63, 3.8) is 0 Å². The second-order valence-corrected chi connectivity index (χ2v) is 5.44. The van der Waals surface area contributed by atoms with E-state index < -0.39 is 0 Å². The summed E-state index contributed by atoms with van der Waals surface area (Å²) >= 11 is 0. The molecule has 0 saturated heterocycles. The zero-order chi connectivity index (χ0) is 15.1. The first-order valence-electron chi connectivity index (χ1n) is 8.14. The van der Waals surface area contributed by atoms with Gasteiger partial charge in [-0.2, -0.15) is 15.0 Å². The van der Waals surface area contributed by atoms with Crippen molar-refractivity contribution in [2.45, 2.75) is 46.5 Å². The molecule has 2 rings (SSSR count). The number of hydrogen-bond donors (Lipinski definition) is 1. The Balaban J connectivity index is 2.14. The van der Waals surface area contributed by atoms with E-state index in [4.69, 9.17) is 4.74 Å². The summed E-state index contributed by atoms with van der Waals surface area (Å²) in [6.07, 6.45) is 5.03. The molecule has 6 heteroatoms.